The lowest BCUT2D eigenvalue weighted by molar-refractivity contribution is -0.145. The molecule has 0 aliphatic carbocycles. The van der Waals surface area contributed by atoms with E-state index in [2.05, 4.69) is 5.10 Å². The van der Waals surface area contributed by atoms with Crippen LogP contribution in [0.25, 0.3) is 5.69 Å². The number of benzene rings is 2. The number of aryl methyl sites for hydroxylation is 1. The molecule has 2 heterocycles. The van der Waals surface area contributed by atoms with Gasteiger partial charge in [-0.05, 0) is 37.3 Å². The molecule has 0 unspecified atom stereocenters. The largest absolute Gasteiger partial charge is 0.459 e. The first-order valence-corrected chi connectivity index (χ1v) is 9.25. The standard InChI is InChI=1S/C22H19N3O4/c1-15-7-8-18-19(13-15)22(28)24(21(18)27)11-10-20(26)29-14-16-9-12-25(23-16)17-5-3-2-4-6-17/h2-9,12-13H,10-11,14H2,1H3. The molecule has 0 radical (unpaired) electrons. The maximum Gasteiger partial charge on any atom is 0.307 e. The Morgan fingerprint density at radius 3 is 2.55 bits per heavy atom. The van der Waals surface area contributed by atoms with Gasteiger partial charge in [0.25, 0.3) is 11.8 Å². The van der Waals surface area contributed by atoms with Crippen LogP contribution in [0.1, 0.15) is 38.4 Å². The van der Waals surface area contributed by atoms with Gasteiger partial charge >= 0.3 is 5.97 Å². The van der Waals surface area contributed by atoms with Crippen LogP contribution in [0.3, 0.4) is 0 Å². The minimum atomic E-state index is -0.494. The van der Waals surface area contributed by atoms with Crippen LogP contribution in [0, 0.1) is 6.92 Å². The molecular formula is C22H19N3O4. The van der Waals surface area contributed by atoms with Crippen molar-refractivity contribution in [3.8, 4) is 5.69 Å². The van der Waals surface area contributed by atoms with E-state index < -0.39 is 5.97 Å². The third-order valence-corrected chi connectivity index (χ3v) is 4.71. The number of carbonyl (C=O) groups is 3. The fourth-order valence-corrected chi connectivity index (χ4v) is 3.20. The first-order chi connectivity index (χ1) is 14.0. The van der Waals surface area contributed by atoms with Crippen molar-refractivity contribution < 1.29 is 19.1 Å². The molecule has 0 saturated carbocycles. The molecule has 2 aromatic carbocycles. The maximum absolute atomic E-state index is 12.4. The fraction of sp³-hybridized carbons (Fsp3) is 0.182. The van der Waals surface area contributed by atoms with E-state index in [0.29, 0.717) is 16.8 Å². The highest BCUT2D eigenvalue weighted by Gasteiger charge is 2.35. The van der Waals surface area contributed by atoms with Crippen molar-refractivity contribution in [1.82, 2.24) is 14.7 Å². The van der Waals surface area contributed by atoms with Crippen molar-refractivity contribution in [3.05, 3.63) is 83.2 Å². The number of esters is 1. The zero-order valence-electron chi connectivity index (χ0n) is 15.9. The molecule has 2 amide bonds. The zero-order valence-corrected chi connectivity index (χ0v) is 15.9. The van der Waals surface area contributed by atoms with E-state index in [1.807, 2.05) is 37.3 Å². The topological polar surface area (TPSA) is 81.5 Å². The summed E-state index contributed by atoms with van der Waals surface area (Å²) in [6.07, 6.45) is 1.73. The van der Waals surface area contributed by atoms with Crippen LogP contribution in [0.4, 0.5) is 0 Å². The highest BCUT2D eigenvalue weighted by Crippen LogP contribution is 2.24. The van der Waals surface area contributed by atoms with Gasteiger partial charge in [0, 0.05) is 12.7 Å². The number of aromatic nitrogens is 2. The molecule has 0 fully saturated rings. The fourth-order valence-electron chi connectivity index (χ4n) is 3.20. The molecule has 29 heavy (non-hydrogen) atoms. The Balaban J connectivity index is 1.31. The molecule has 0 N–H and O–H groups in total. The number of fused-ring (bicyclic) bond motifs is 1. The highest BCUT2D eigenvalue weighted by molar-refractivity contribution is 6.21. The number of para-hydroxylation sites is 1. The number of imide groups is 1. The predicted octanol–water partition coefficient (Wildman–Crippen LogP) is 2.91. The number of hydrogen-bond acceptors (Lipinski definition) is 5. The van der Waals surface area contributed by atoms with Crippen LogP contribution in [-0.4, -0.2) is 39.0 Å². The Morgan fingerprint density at radius 1 is 1.00 bits per heavy atom. The van der Waals surface area contributed by atoms with Gasteiger partial charge in [-0.3, -0.25) is 19.3 Å². The van der Waals surface area contributed by atoms with E-state index in [4.69, 9.17) is 4.74 Å². The number of rotatable bonds is 6. The Kier molecular flexibility index (Phi) is 4.95. The third-order valence-electron chi connectivity index (χ3n) is 4.71. The van der Waals surface area contributed by atoms with Crippen LogP contribution in [0.5, 0.6) is 0 Å². The Hall–Kier alpha value is -3.74. The van der Waals surface area contributed by atoms with Crippen LogP contribution in [-0.2, 0) is 16.1 Å². The van der Waals surface area contributed by atoms with Crippen molar-refractivity contribution in [2.24, 2.45) is 0 Å². The summed E-state index contributed by atoms with van der Waals surface area (Å²) in [4.78, 5) is 38.0. The lowest BCUT2D eigenvalue weighted by Gasteiger charge is -2.12. The van der Waals surface area contributed by atoms with Crippen LogP contribution in [0.15, 0.2) is 60.8 Å². The minimum absolute atomic E-state index is 0.0112. The molecular weight excluding hydrogens is 370 g/mol. The molecule has 146 valence electrons. The summed E-state index contributed by atoms with van der Waals surface area (Å²) in [5, 5.41) is 4.37. The minimum Gasteiger partial charge on any atom is -0.459 e. The molecule has 1 aromatic heterocycles. The molecule has 0 saturated heterocycles. The lowest BCUT2D eigenvalue weighted by Crippen LogP contribution is -2.32. The zero-order chi connectivity index (χ0) is 20.4. The second kappa shape index (κ2) is 7.71. The second-order valence-electron chi connectivity index (χ2n) is 6.81. The molecule has 7 nitrogen and oxygen atoms in total. The molecule has 0 bridgehead atoms. The predicted molar refractivity (Wildman–Crippen MR) is 105 cm³/mol. The van der Waals surface area contributed by atoms with Crippen molar-refractivity contribution in [2.75, 3.05) is 6.54 Å². The van der Waals surface area contributed by atoms with Crippen molar-refractivity contribution >= 4 is 17.8 Å². The van der Waals surface area contributed by atoms with Gasteiger partial charge in [-0.15, -0.1) is 0 Å². The summed E-state index contributed by atoms with van der Waals surface area (Å²) >= 11 is 0. The molecule has 0 atom stereocenters. The molecule has 7 heteroatoms. The van der Waals surface area contributed by atoms with E-state index in [-0.39, 0.29) is 31.4 Å². The van der Waals surface area contributed by atoms with Gasteiger partial charge in [-0.1, -0.05) is 29.8 Å². The van der Waals surface area contributed by atoms with Crippen LogP contribution >= 0.6 is 0 Å². The van der Waals surface area contributed by atoms with Gasteiger partial charge in [-0.2, -0.15) is 5.10 Å². The van der Waals surface area contributed by atoms with Gasteiger partial charge in [0.2, 0.25) is 0 Å². The van der Waals surface area contributed by atoms with Gasteiger partial charge in [0.1, 0.15) is 12.3 Å². The number of ether oxygens (including phenoxy) is 1. The van der Waals surface area contributed by atoms with E-state index in [1.54, 1.807) is 35.1 Å². The van der Waals surface area contributed by atoms with Gasteiger partial charge in [0.15, 0.2) is 0 Å². The summed E-state index contributed by atoms with van der Waals surface area (Å²) < 4.78 is 6.94. The molecule has 0 spiro atoms. The first kappa shape index (κ1) is 18.6. The Morgan fingerprint density at radius 2 is 1.76 bits per heavy atom. The monoisotopic (exact) mass is 389 g/mol. The van der Waals surface area contributed by atoms with Crippen molar-refractivity contribution in [2.45, 2.75) is 20.0 Å². The normalized spacial score (nSPS) is 12.9. The van der Waals surface area contributed by atoms with Crippen LogP contribution in [0.2, 0.25) is 0 Å². The van der Waals surface area contributed by atoms with E-state index >= 15 is 0 Å². The van der Waals surface area contributed by atoms with Gasteiger partial charge < -0.3 is 4.74 Å². The Bertz CT molecular complexity index is 1090. The second-order valence-corrected chi connectivity index (χ2v) is 6.81. The van der Waals surface area contributed by atoms with E-state index in [0.717, 1.165) is 16.2 Å². The number of nitrogens with zero attached hydrogens (tertiary/aromatic N) is 3. The quantitative estimate of drug-likeness (QED) is 0.478. The average Bonchev–Trinajstić information content (AvgIpc) is 3.29. The summed E-state index contributed by atoms with van der Waals surface area (Å²) in [5.41, 5.74) is 3.18. The first-order valence-electron chi connectivity index (χ1n) is 9.25. The van der Waals surface area contributed by atoms with Crippen LogP contribution < -0.4 is 0 Å². The van der Waals surface area contributed by atoms with Gasteiger partial charge in [0.05, 0.1) is 23.2 Å². The average molecular weight is 389 g/mol. The number of hydrogen-bond donors (Lipinski definition) is 0. The highest BCUT2D eigenvalue weighted by atomic mass is 16.5. The van der Waals surface area contributed by atoms with E-state index in [9.17, 15) is 14.4 Å². The van der Waals surface area contributed by atoms with Crippen molar-refractivity contribution in [3.63, 3.8) is 0 Å². The summed E-state index contributed by atoms with van der Waals surface area (Å²) in [7, 11) is 0. The lowest BCUT2D eigenvalue weighted by atomic mass is 10.1. The summed E-state index contributed by atoms with van der Waals surface area (Å²) in [6.45, 7) is 1.87. The molecule has 1 aliphatic heterocycles. The molecule has 3 aromatic rings. The molecule has 1 aliphatic rings. The van der Waals surface area contributed by atoms with E-state index in [1.165, 1.54) is 0 Å². The van der Waals surface area contributed by atoms with Gasteiger partial charge in [-0.25, -0.2) is 4.68 Å². The summed E-state index contributed by atoms with van der Waals surface area (Å²) in [6, 6.07) is 16.5. The number of amides is 2. The SMILES string of the molecule is Cc1ccc2c(c1)C(=O)N(CCC(=O)OCc1ccn(-c3ccccc3)n1)C2=O. The Labute approximate surface area is 167 Å². The number of carbonyl (C=O) groups excluding carboxylic acids is 3. The smallest absolute Gasteiger partial charge is 0.307 e. The van der Waals surface area contributed by atoms with Crippen molar-refractivity contribution in [1.29, 1.82) is 0 Å². The third kappa shape index (κ3) is 3.80. The summed E-state index contributed by atoms with van der Waals surface area (Å²) in [5.74, 6) is -1.24. The maximum atomic E-state index is 12.4. The molecule has 4 rings (SSSR count).